The second-order valence-electron chi connectivity index (χ2n) is 3.45. The summed E-state index contributed by atoms with van der Waals surface area (Å²) in [5.74, 6) is 0.425. The molecule has 0 heterocycles. The highest BCUT2D eigenvalue weighted by atomic mass is 19.4. The summed E-state index contributed by atoms with van der Waals surface area (Å²) in [5, 5.41) is 0. The Morgan fingerprint density at radius 2 is 1.94 bits per heavy atom. The van der Waals surface area contributed by atoms with Crippen LogP contribution < -0.4 is 15.2 Å². The molecule has 0 aliphatic heterocycles. The minimum Gasteiger partial charge on any atom is -0.491 e. The highest BCUT2D eigenvalue weighted by Crippen LogP contribution is 2.28. The average molecular weight is 249 g/mol. The van der Waals surface area contributed by atoms with Gasteiger partial charge in [-0.15, -0.1) is 0 Å². The Balaban J connectivity index is 2.67. The average Bonchev–Trinajstić information content (AvgIpc) is 2.25. The first kappa shape index (κ1) is 13.5. The molecule has 0 saturated carbocycles. The highest BCUT2D eigenvalue weighted by molar-refractivity contribution is 5.55. The maximum absolute atomic E-state index is 11.9. The summed E-state index contributed by atoms with van der Waals surface area (Å²) in [7, 11) is 0. The SMILES string of the molecule is CCCOc1cc(OCC(F)(F)F)ccc1N. The van der Waals surface area contributed by atoms with Gasteiger partial charge in [0, 0.05) is 6.07 Å². The number of benzene rings is 1. The second-order valence-corrected chi connectivity index (χ2v) is 3.45. The molecular weight excluding hydrogens is 235 g/mol. The standard InChI is InChI=1S/C11H14F3NO2/c1-2-5-16-10-6-8(3-4-9(10)15)17-7-11(12,13)14/h3-4,6H,2,5,7,15H2,1H3. The maximum atomic E-state index is 11.9. The Morgan fingerprint density at radius 3 is 2.53 bits per heavy atom. The quantitative estimate of drug-likeness (QED) is 0.816. The molecule has 3 nitrogen and oxygen atoms in total. The van der Waals surface area contributed by atoms with E-state index < -0.39 is 12.8 Å². The van der Waals surface area contributed by atoms with Gasteiger partial charge in [0.1, 0.15) is 11.5 Å². The van der Waals surface area contributed by atoms with Crippen LogP contribution in [0.15, 0.2) is 18.2 Å². The first-order valence-corrected chi connectivity index (χ1v) is 5.14. The fourth-order valence-corrected chi connectivity index (χ4v) is 1.11. The first-order valence-electron chi connectivity index (χ1n) is 5.14. The maximum Gasteiger partial charge on any atom is 0.422 e. The van der Waals surface area contributed by atoms with Gasteiger partial charge >= 0.3 is 6.18 Å². The van der Waals surface area contributed by atoms with Gasteiger partial charge in [0.15, 0.2) is 6.61 Å². The minimum atomic E-state index is -4.36. The molecule has 2 N–H and O–H groups in total. The van der Waals surface area contributed by atoms with E-state index in [4.69, 9.17) is 10.5 Å². The molecule has 0 aliphatic carbocycles. The summed E-state index contributed by atoms with van der Waals surface area (Å²) in [6.07, 6.45) is -3.57. The lowest BCUT2D eigenvalue weighted by atomic mass is 10.3. The molecule has 1 aromatic carbocycles. The topological polar surface area (TPSA) is 44.5 Å². The van der Waals surface area contributed by atoms with Crippen LogP contribution in [0.5, 0.6) is 11.5 Å². The largest absolute Gasteiger partial charge is 0.491 e. The van der Waals surface area contributed by atoms with Gasteiger partial charge in [-0.3, -0.25) is 0 Å². The number of rotatable bonds is 5. The van der Waals surface area contributed by atoms with Crippen molar-refractivity contribution in [2.24, 2.45) is 0 Å². The van der Waals surface area contributed by atoms with Crippen LogP contribution in [-0.4, -0.2) is 19.4 Å². The van der Waals surface area contributed by atoms with Crippen LogP contribution in [0, 0.1) is 0 Å². The zero-order valence-corrected chi connectivity index (χ0v) is 9.38. The van der Waals surface area contributed by atoms with Gasteiger partial charge in [0.05, 0.1) is 12.3 Å². The van der Waals surface area contributed by atoms with Gasteiger partial charge < -0.3 is 15.2 Å². The molecule has 0 fully saturated rings. The predicted octanol–water partition coefficient (Wildman–Crippen LogP) is 3.00. The Morgan fingerprint density at radius 1 is 1.24 bits per heavy atom. The molecule has 0 bridgehead atoms. The van der Waals surface area contributed by atoms with E-state index in [1.807, 2.05) is 6.92 Å². The van der Waals surface area contributed by atoms with Crippen molar-refractivity contribution in [2.45, 2.75) is 19.5 Å². The molecule has 0 spiro atoms. The van der Waals surface area contributed by atoms with E-state index in [1.165, 1.54) is 18.2 Å². The Bertz CT molecular complexity index is 366. The fraction of sp³-hybridized carbons (Fsp3) is 0.455. The van der Waals surface area contributed by atoms with Crippen molar-refractivity contribution in [3.63, 3.8) is 0 Å². The molecule has 0 saturated heterocycles. The Hall–Kier alpha value is -1.59. The number of hydrogen-bond donors (Lipinski definition) is 1. The molecule has 0 radical (unpaired) electrons. The molecule has 0 unspecified atom stereocenters. The van der Waals surface area contributed by atoms with Gasteiger partial charge in [-0.05, 0) is 18.6 Å². The number of nitrogens with two attached hydrogens (primary N) is 1. The molecule has 0 atom stereocenters. The lowest BCUT2D eigenvalue weighted by Gasteiger charge is -2.12. The summed E-state index contributed by atoms with van der Waals surface area (Å²) >= 11 is 0. The molecule has 1 rings (SSSR count). The molecule has 96 valence electrons. The highest BCUT2D eigenvalue weighted by Gasteiger charge is 2.28. The zero-order valence-electron chi connectivity index (χ0n) is 9.38. The van der Waals surface area contributed by atoms with Gasteiger partial charge in [-0.1, -0.05) is 6.92 Å². The van der Waals surface area contributed by atoms with E-state index in [1.54, 1.807) is 0 Å². The van der Waals surface area contributed by atoms with Crippen LogP contribution in [0.25, 0.3) is 0 Å². The summed E-state index contributed by atoms with van der Waals surface area (Å²) in [5.41, 5.74) is 5.98. The van der Waals surface area contributed by atoms with E-state index in [-0.39, 0.29) is 5.75 Å². The van der Waals surface area contributed by atoms with E-state index in [2.05, 4.69) is 4.74 Å². The number of halogens is 3. The fourth-order valence-electron chi connectivity index (χ4n) is 1.11. The Labute approximate surface area is 97.3 Å². The van der Waals surface area contributed by atoms with Crippen LogP contribution in [0.3, 0.4) is 0 Å². The van der Waals surface area contributed by atoms with Crippen LogP contribution in [-0.2, 0) is 0 Å². The van der Waals surface area contributed by atoms with Crippen LogP contribution >= 0.6 is 0 Å². The minimum absolute atomic E-state index is 0.0858. The summed E-state index contributed by atoms with van der Waals surface area (Å²) in [6, 6.07) is 4.19. The number of nitrogen functional groups attached to an aromatic ring is 1. The number of alkyl halides is 3. The van der Waals surface area contributed by atoms with Crippen LogP contribution in [0.4, 0.5) is 18.9 Å². The molecule has 17 heavy (non-hydrogen) atoms. The van der Waals surface area contributed by atoms with Crippen LogP contribution in [0.1, 0.15) is 13.3 Å². The lowest BCUT2D eigenvalue weighted by Crippen LogP contribution is -2.19. The third kappa shape index (κ3) is 4.84. The second kappa shape index (κ2) is 5.65. The summed E-state index contributed by atoms with van der Waals surface area (Å²) in [4.78, 5) is 0. The van der Waals surface area contributed by atoms with Gasteiger partial charge in [-0.25, -0.2) is 0 Å². The van der Waals surface area contributed by atoms with E-state index in [0.29, 0.717) is 18.0 Å². The third-order valence-corrected chi connectivity index (χ3v) is 1.85. The smallest absolute Gasteiger partial charge is 0.422 e. The van der Waals surface area contributed by atoms with Crippen molar-refractivity contribution in [2.75, 3.05) is 18.9 Å². The van der Waals surface area contributed by atoms with E-state index in [9.17, 15) is 13.2 Å². The number of ether oxygens (including phenoxy) is 2. The predicted molar refractivity (Wildman–Crippen MR) is 58.2 cm³/mol. The van der Waals surface area contributed by atoms with E-state index in [0.717, 1.165) is 6.42 Å². The van der Waals surface area contributed by atoms with Gasteiger partial charge in [0.25, 0.3) is 0 Å². The number of hydrogen-bond acceptors (Lipinski definition) is 3. The number of anilines is 1. The van der Waals surface area contributed by atoms with Gasteiger partial charge in [0.2, 0.25) is 0 Å². The monoisotopic (exact) mass is 249 g/mol. The molecule has 1 aromatic rings. The van der Waals surface area contributed by atoms with Crippen molar-refractivity contribution in [3.8, 4) is 11.5 Å². The van der Waals surface area contributed by atoms with Crippen molar-refractivity contribution >= 4 is 5.69 Å². The van der Waals surface area contributed by atoms with E-state index >= 15 is 0 Å². The van der Waals surface area contributed by atoms with Crippen molar-refractivity contribution < 1.29 is 22.6 Å². The molecule has 0 amide bonds. The summed E-state index contributed by atoms with van der Waals surface area (Å²) in [6.45, 7) is 1.04. The summed E-state index contributed by atoms with van der Waals surface area (Å²) < 4.78 is 45.7. The normalized spacial score (nSPS) is 11.3. The van der Waals surface area contributed by atoms with Crippen molar-refractivity contribution in [1.82, 2.24) is 0 Å². The molecule has 6 heteroatoms. The van der Waals surface area contributed by atoms with Crippen molar-refractivity contribution in [3.05, 3.63) is 18.2 Å². The third-order valence-electron chi connectivity index (χ3n) is 1.85. The van der Waals surface area contributed by atoms with Gasteiger partial charge in [-0.2, -0.15) is 13.2 Å². The van der Waals surface area contributed by atoms with Crippen LogP contribution in [0.2, 0.25) is 0 Å². The first-order chi connectivity index (χ1) is 7.92. The lowest BCUT2D eigenvalue weighted by molar-refractivity contribution is -0.153. The van der Waals surface area contributed by atoms with Crippen molar-refractivity contribution in [1.29, 1.82) is 0 Å². The molecule has 0 aliphatic rings. The Kier molecular flexibility index (Phi) is 4.48. The molecule has 0 aromatic heterocycles. The molecular formula is C11H14F3NO2. The zero-order chi connectivity index (χ0) is 12.9.